The third-order valence-corrected chi connectivity index (χ3v) is 3.77. The molecule has 1 aromatic rings. The molecule has 0 radical (unpaired) electrons. The number of carboxylic acid groups (broad SMARTS) is 1. The van der Waals surface area contributed by atoms with Crippen molar-refractivity contribution in [3.63, 3.8) is 0 Å². The SMILES string of the molecule is O=C(O)CN(C(=O)/C=C/c1ccccc1OC(F)(F)F)C1CCOCC1. The second-order valence-corrected chi connectivity index (χ2v) is 5.62. The second-order valence-electron chi connectivity index (χ2n) is 5.62. The van der Waals surface area contributed by atoms with Crippen LogP contribution < -0.4 is 4.74 Å². The number of halogens is 3. The van der Waals surface area contributed by atoms with Gasteiger partial charge in [0.05, 0.1) is 0 Å². The Morgan fingerprint density at radius 3 is 2.54 bits per heavy atom. The number of ether oxygens (including phenoxy) is 2. The number of rotatable bonds is 6. The average Bonchev–Trinajstić information content (AvgIpc) is 2.58. The molecule has 0 atom stereocenters. The van der Waals surface area contributed by atoms with Crippen LogP contribution >= 0.6 is 0 Å². The molecule has 1 N–H and O–H groups in total. The van der Waals surface area contributed by atoms with Crippen LogP contribution in [0.1, 0.15) is 18.4 Å². The largest absolute Gasteiger partial charge is 0.573 e. The summed E-state index contributed by atoms with van der Waals surface area (Å²) in [4.78, 5) is 24.7. The first kappa shape index (κ1) is 19.8. The third kappa shape index (κ3) is 6.07. The van der Waals surface area contributed by atoms with Crippen LogP contribution in [0.2, 0.25) is 0 Å². The van der Waals surface area contributed by atoms with E-state index in [9.17, 15) is 22.8 Å². The fourth-order valence-corrected chi connectivity index (χ4v) is 2.62. The van der Waals surface area contributed by atoms with Crippen LogP contribution in [0.25, 0.3) is 6.08 Å². The quantitative estimate of drug-likeness (QED) is 0.776. The first-order chi connectivity index (χ1) is 12.3. The first-order valence-electron chi connectivity index (χ1n) is 7.89. The summed E-state index contributed by atoms with van der Waals surface area (Å²) in [5.41, 5.74) is 0.0560. The van der Waals surface area contributed by atoms with Crippen molar-refractivity contribution in [3.8, 4) is 5.75 Å². The van der Waals surface area contributed by atoms with Gasteiger partial charge in [-0.25, -0.2) is 0 Å². The van der Waals surface area contributed by atoms with Crippen LogP contribution in [-0.4, -0.2) is 54.0 Å². The zero-order valence-electron chi connectivity index (χ0n) is 13.7. The number of alkyl halides is 3. The fraction of sp³-hybridized carbons (Fsp3) is 0.412. The maximum absolute atomic E-state index is 12.4. The van der Waals surface area contributed by atoms with E-state index in [1.54, 1.807) is 0 Å². The Labute approximate surface area is 147 Å². The van der Waals surface area contributed by atoms with E-state index < -0.39 is 30.5 Å². The minimum absolute atomic E-state index is 0.0560. The van der Waals surface area contributed by atoms with Gasteiger partial charge in [-0.05, 0) is 25.0 Å². The number of para-hydroxylation sites is 1. The standard InChI is InChI=1S/C17H18F3NO5/c18-17(19,20)26-14-4-2-1-3-12(14)5-6-15(22)21(11-16(23)24)13-7-9-25-10-8-13/h1-6,13H,7-11H2,(H,23,24)/b6-5+. The molecule has 1 amide bonds. The van der Waals surface area contributed by atoms with Crippen molar-refractivity contribution in [2.45, 2.75) is 25.2 Å². The number of amides is 1. The maximum Gasteiger partial charge on any atom is 0.573 e. The van der Waals surface area contributed by atoms with Crippen LogP contribution in [0.4, 0.5) is 13.2 Å². The molecule has 1 fully saturated rings. The number of hydrogen-bond donors (Lipinski definition) is 1. The van der Waals surface area contributed by atoms with E-state index >= 15 is 0 Å². The third-order valence-electron chi connectivity index (χ3n) is 3.77. The molecule has 0 spiro atoms. The van der Waals surface area contributed by atoms with Gasteiger partial charge in [-0.3, -0.25) is 9.59 Å². The van der Waals surface area contributed by atoms with Crippen LogP contribution in [-0.2, 0) is 14.3 Å². The van der Waals surface area contributed by atoms with Gasteiger partial charge >= 0.3 is 12.3 Å². The predicted octanol–water partition coefficient (Wildman–Crippen LogP) is 2.69. The summed E-state index contributed by atoms with van der Waals surface area (Å²) in [6, 6.07) is 5.07. The van der Waals surface area contributed by atoms with Crippen LogP contribution in [0.3, 0.4) is 0 Å². The van der Waals surface area contributed by atoms with Crippen molar-refractivity contribution in [2.24, 2.45) is 0 Å². The number of benzene rings is 1. The predicted molar refractivity (Wildman–Crippen MR) is 85.3 cm³/mol. The molecular weight excluding hydrogens is 355 g/mol. The van der Waals surface area contributed by atoms with Gasteiger partial charge in [0.1, 0.15) is 12.3 Å². The van der Waals surface area contributed by atoms with Gasteiger partial charge in [-0.1, -0.05) is 18.2 Å². The normalized spacial score (nSPS) is 15.8. The van der Waals surface area contributed by atoms with E-state index in [-0.39, 0.29) is 11.6 Å². The van der Waals surface area contributed by atoms with Crippen molar-refractivity contribution >= 4 is 18.0 Å². The van der Waals surface area contributed by atoms with E-state index in [1.165, 1.54) is 29.2 Å². The Bertz CT molecular complexity index is 669. The Morgan fingerprint density at radius 1 is 1.27 bits per heavy atom. The van der Waals surface area contributed by atoms with E-state index in [0.717, 1.165) is 12.1 Å². The molecule has 1 aliphatic heterocycles. The maximum atomic E-state index is 12.4. The molecule has 0 aliphatic carbocycles. The van der Waals surface area contributed by atoms with Crippen molar-refractivity contribution < 1.29 is 37.3 Å². The molecule has 0 unspecified atom stereocenters. The number of carboxylic acids is 1. The molecule has 9 heteroatoms. The Hall–Kier alpha value is -2.55. The highest BCUT2D eigenvalue weighted by atomic mass is 19.4. The summed E-state index contributed by atoms with van der Waals surface area (Å²) in [6.07, 6.45) is -1.62. The molecule has 1 aliphatic rings. The minimum Gasteiger partial charge on any atom is -0.480 e. The van der Waals surface area contributed by atoms with Gasteiger partial charge < -0.3 is 19.5 Å². The highest BCUT2D eigenvalue weighted by Crippen LogP contribution is 2.27. The summed E-state index contributed by atoms with van der Waals surface area (Å²) in [6.45, 7) is 0.342. The first-order valence-corrected chi connectivity index (χ1v) is 7.89. The molecule has 26 heavy (non-hydrogen) atoms. The monoisotopic (exact) mass is 373 g/mol. The van der Waals surface area contributed by atoms with Crippen LogP contribution in [0, 0.1) is 0 Å². The van der Waals surface area contributed by atoms with Crippen molar-refractivity contribution in [2.75, 3.05) is 19.8 Å². The lowest BCUT2D eigenvalue weighted by Gasteiger charge is -2.32. The fourth-order valence-electron chi connectivity index (χ4n) is 2.62. The summed E-state index contributed by atoms with van der Waals surface area (Å²) in [5.74, 6) is -2.21. The Kier molecular flexibility index (Phi) is 6.62. The van der Waals surface area contributed by atoms with Gasteiger partial charge in [0.15, 0.2) is 0 Å². The van der Waals surface area contributed by atoms with E-state index in [2.05, 4.69) is 4.74 Å². The highest BCUT2D eigenvalue weighted by Gasteiger charge is 2.32. The second kappa shape index (κ2) is 8.70. The molecule has 1 aromatic carbocycles. The lowest BCUT2D eigenvalue weighted by atomic mass is 10.1. The molecule has 6 nitrogen and oxygen atoms in total. The van der Waals surface area contributed by atoms with Crippen molar-refractivity contribution in [3.05, 3.63) is 35.9 Å². The number of carbonyl (C=O) groups is 2. The van der Waals surface area contributed by atoms with Crippen LogP contribution in [0.5, 0.6) is 5.75 Å². The molecule has 0 saturated carbocycles. The zero-order valence-corrected chi connectivity index (χ0v) is 13.7. The van der Waals surface area contributed by atoms with E-state index in [0.29, 0.717) is 26.1 Å². The number of aliphatic carboxylic acids is 1. The van der Waals surface area contributed by atoms with Gasteiger partial charge in [0.25, 0.3) is 0 Å². The zero-order chi connectivity index (χ0) is 19.2. The smallest absolute Gasteiger partial charge is 0.480 e. The van der Waals surface area contributed by atoms with Crippen molar-refractivity contribution in [1.82, 2.24) is 4.90 Å². The molecule has 0 aromatic heterocycles. The van der Waals surface area contributed by atoms with E-state index in [4.69, 9.17) is 9.84 Å². The van der Waals surface area contributed by atoms with Gasteiger partial charge in [-0.2, -0.15) is 0 Å². The average molecular weight is 373 g/mol. The molecular formula is C17H18F3NO5. The lowest BCUT2D eigenvalue weighted by molar-refractivity contribution is -0.274. The Balaban J connectivity index is 2.16. The molecule has 2 rings (SSSR count). The minimum atomic E-state index is -4.86. The van der Waals surface area contributed by atoms with Crippen molar-refractivity contribution in [1.29, 1.82) is 0 Å². The van der Waals surface area contributed by atoms with Gasteiger partial charge in [0.2, 0.25) is 5.91 Å². The lowest BCUT2D eigenvalue weighted by Crippen LogP contribution is -2.45. The summed E-state index contributed by atoms with van der Waals surface area (Å²) in [5, 5.41) is 9.03. The molecule has 1 heterocycles. The topological polar surface area (TPSA) is 76.1 Å². The number of nitrogens with zero attached hydrogens (tertiary/aromatic N) is 1. The molecule has 142 valence electrons. The molecule has 0 bridgehead atoms. The van der Waals surface area contributed by atoms with E-state index in [1.807, 2.05) is 0 Å². The summed E-state index contributed by atoms with van der Waals surface area (Å²) >= 11 is 0. The Morgan fingerprint density at radius 2 is 1.92 bits per heavy atom. The van der Waals surface area contributed by atoms with Gasteiger partial charge in [-0.15, -0.1) is 13.2 Å². The summed E-state index contributed by atoms with van der Waals surface area (Å²) in [7, 11) is 0. The van der Waals surface area contributed by atoms with Crippen LogP contribution in [0.15, 0.2) is 30.3 Å². The van der Waals surface area contributed by atoms with Gasteiger partial charge in [0, 0.05) is 30.9 Å². The molecule has 1 saturated heterocycles. The summed E-state index contributed by atoms with van der Waals surface area (Å²) < 4.78 is 46.4. The highest BCUT2D eigenvalue weighted by molar-refractivity contribution is 5.94. The number of carbonyl (C=O) groups excluding carboxylic acids is 1. The number of hydrogen-bond acceptors (Lipinski definition) is 4.